The molecule has 3 N–H and O–H groups in total. The van der Waals surface area contributed by atoms with Crippen molar-refractivity contribution < 1.29 is 29.0 Å². The van der Waals surface area contributed by atoms with Gasteiger partial charge in [-0.3, -0.25) is 14.4 Å². The van der Waals surface area contributed by atoms with Crippen LogP contribution >= 0.6 is 0 Å². The summed E-state index contributed by atoms with van der Waals surface area (Å²) in [5.41, 5.74) is 1.76. The van der Waals surface area contributed by atoms with Gasteiger partial charge in [0.05, 0.1) is 31.1 Å². The molecule has 8 heteroatoms. The number of methoxy groups -OCH3 is 1. The monoisotopic (exact) mass is 522 g/mol. The highest BCUT2D eigenvalue weighted by Crippen LogP contribution is 2.27. The maximum atomic E-state index is 13.5. The average Bonchev–Trinajstić information content (AvgIpc) is 2.92. The van der Waals surface area contributed by atoms with Crippen molar-refractivity contribution in [1.82, 2.24) is 10.6 Å². The van der Waals surface area contributed by atoms with Gasteiger partial charge in [-0.05, 0) is 37.3 Å². The molecule has 0 unspecified atom stereocenters. The number of amides is 2. The number of esters is 1. The highest BCUT2D eigenvalue weighted by molar-refractivity contribution is 5.86. The summed E-state index contributed by atoms with van der Waals surface area (Å²) in [4.78, 5) is 39.5. The quantitative estimate of drug-likeness (QED) is 0.345. The summed E-state index contributed by atoms with van der Waals surface area (Å²) in [5.74, 6) is -2.07. The van der Waals surface area contributed by atoms with Crippen LogP contribution in [0.4, 0.5) is 0 Å². The molecule has 2 aromatic rings. The van der Waals surface area contributed by atoms with Crippen LogP contribution in [0.25, 0.3) is 0 Å². The summed E-state index contributed by atoms with van der Waals surface area (Å²) >= 11 is 0. The standard InChI is InChI=1S/C30H38N2O6/c1-21(19-33)31-27(34)18-24-15-9-10-16-25(17-22-11-5-3-6-12-22)30(36)38-28(23-13-7-4-8-14-23)26(20-37-2)32-29(24)35/h3-14,21,24-26,28,33H,15-20H2,1-2H3,(H,31,34)(H,32,35)/t21-,24+,25-,26-,28-/m0/s1. The zero-order valence-electron chi connectivity index (χ0n) is 22.0. The second kappa shape index (κ2) is 15.1. The van der Waals surface area contributed by atoms with Crippen LogP contribution in [-0.2, 0) is 30.3 Å². The second-order valence-corrected chi connectivity index (χ2v) is 9.72. The summed E-state index contributed by atoms with van der Waals surface area (Å²) in [6.07, 6.45) is 4.19. The summed E-state index contributed by atoms with van der Waals surface area (Å²) < 4.78 is 11.5. The minimum atomic E-state index is -0.779. The number of hydrogen-bond acceptors (Lipinski definition) is 6. The molecular weight excluding hydrogens is 484 g/mol. The zero-order valence-corrected chi connectivity index (χ0v) is 22.0. The van der Waals surface area contributed by atoms with Crippen LogP contribution in [0.2, 0.25) is 0 Å². The Morgan fingerprint density at radius 2 is 1.68 bits per heavy atom. The molecule has 0 aromatic heterocycles. The topological polar surface area (TPSA) is 114 Å². The lowest BCUT2D eigenvalue weighted by Gasteiger charge is -2.31. The Bertz CT molecular complexity index is 1060. The number of benzene rings is 2. The predicted octanol–water partition coefficient (Wildman–Crippen LogP) is 3.11. The lowest BCUT2D eigenvalue weighted by molar-refractivity contribution is -0.158. The van der Waals surface area contributed by atoms with E-state index in [0.29, 0.717) is 19.3 Å². The molecular formula is C30H38N2O6. The van der Waals surface area contributed by atoms with Crippen LogP contribution in [0, 0.1) is 11.8 Å². The van der Waals surface area contributed by atoms with Gasteiger partial charge < -0.3 is 25.2 Å². The molecule has 0 bridgehead atoms. The Labute approximate surface area is 224 Å². The normalized spacial score (nSPS) is 23.3. The molecule has 0 saturated carbocycles. The fourth-order valence-electron chi connectivity index (χ4n) is 4.50. The lowest BCUT2D eigenvalue weighted by atomic mass is 9.93. The van der Waals surface area contributed by atoms with Crippen molar-refractivity contribution in [3.05, 3.63) is 83.9 Å². The van der Waals surface area contributed by atoms with E-state index >= 15 is 0 Å². The molecule has 1 aliphatic heterocycles. The summed E-state index contributed by atoms with van der Waals surface area (Å²) in [6, 6.07) is 18.0. The van der Waals surface area contributed by atoms with E-state index in [1.54, 1.807) is 6.92 Å². The van der Waals surface area contributed by atoms with Crippen molar-refractivity contribution in [2.45, 2.75) is 50.8 Å². The molecule has 0 fully saturated rings. The number of aliphatic hydroxyl groups is 1. The molecule has 2 amide bonds. The fourth-order valence-corrected chi connectivity index (χ4v) is 4.50. The number of carbonyl (C=O) groups excluding carboxylic acids is 3. The largest absolute Gasteiger partial charge is 0.455 e. The van der Waals surface area contributed by atoms with Gasteiger partial charge in [-0.15, -0.1) is 0 Å². The van der Waals surface area contributed by atoms with Crippen LogP contribution < -0.4 is 10.6 Å². The number of nitrogens with one attached hydrogen (secondary N) is 2. The maximum Gasteiger partial charge on any atom is 0.310 e. The van der Waals surface area contributed by atoms with Gasteiger partial charge in [0.1, 0.15) is 6.10 Å². The first kappa shape index (κ1) is 29.1. The first-order valence-electron chi connectivity index (χ1n) is 13.0. The van der Waals surface area contributed by atoms with Crippen LogP contribution in [0.3, 0.4) is 0 Å². The van der Waals surface area contributed by atoms with Crippen LogP contribution in [0.15, 0.2) is 72.8 Å². The van der Waals surface area contributed by atoms with E-state index in [1.807, 2.05) is 72.8 Å². The first-order valence-corrected chi connectivity index (χ1v) is 13.0. The molecule has 0 aliphatic carbocycles. The molecule has 2 aromatic carbocycles. The Hall–Kier alpha value is -3.49. The number of carbonyl (C=O) groups is 3. The Balaban J connectivity index is 1.93. The minimum Gasteiger partial charge on any atom is -0.455 e. The third kappa shape index (κ3) is 8.82. The SMILES string of the molecule is COC[C@@H]1NC(=O)[C@@H](CC(=O)N[C@@H](C)CO)CC=CC[C@@H](Cc2ccccc2)C(=O)O[C@H]1c1ccccc1. The van der Waals surface area contributed by atoms with Gasteiger partial charge >= 0.3 is 5.97 Å². The van der Waals surface area contributed by atoms with Gasteiger partial charge in [-0.25, -0.2) is 0 Å². The van der Waals surface area contributed by atoms with Crippen molar-refractivity contribution in [2.24, 2.45) is 11.8 Å². The van der Waals surface area contributed by atoms with Crippen molar-refractivity contribution in [3.63, 3.8) is 0 Å². The van der Waals surface area contributed by atoms with Crippen LogP contribution in [0.5, 0.6) is 0 Å². The molecule has 0 saturated heterocycles. The van der Waals surface area contributed by atoms with E-state index in [0.717, 1.165) is 11.1 Å². The number of rotatable bonds is 9. The number of ether oxygens (including phenoxy) is 2. The van der Waals surface area contributed by atoms with E-state index < -0.39 is 30.0 Å². The van der Waals surface area contributed by atoms with Gasteiger partial charge in [-0.2, -0.15) is 0 Å². The summed E-state index contributed by atoms with van der Waals surface area (Å²) in [5, 5.41) is 15.0. The Morgan fingerprint density at radius 3 is 2.32 bits per heavy atom. The number of allylic oxidation sites excluding steroid dienone is 2. The fraction of sp³-hybridized carbons (Fsp3) is 0.433. The lowest BCUT2D eigenvalue weighted by Crippen LogP contribution is -2.47. The molecule has 0 spiro atoms. The summed E-state index contributed by atoms with van der Waals surface area (Å²) in [7, 11) is 1.52. The first-order chi connectivity index (χ1) is 18.4. The Kier molecular flexibility index (Phi) is 11.5. The van der Waals surface area contributed by atoms with E-state index in [2.05, 4.69) is 10.6 Å². The molecule has 0 radical (unpaired) electrons. The zero-order chi connectivity index (χ0) is 27.3. The highest BCUT2D eigenvalue weighted by atomic mass is 16.5. The number of cyclic esters (lactones) is 1. The van der Waals surface area contributed by atoms with Gasteiger partial charge in [0.15, 0.2) is 0 Å². The third-order valence-corrected chi connectivity index (χ3v) is 6.56. The van der Waals surface area contributed by atoms with Crippen LogP contribution in [-0.4, -0.2) is 55.3 Å². The van der Waals surface area contributed by atoms with Crippen molar-refractivity contribution >= 4 is 17.8 Å². The molecule has 8 nitrogen and oxygen atoms in total. The average molecular weight is 523 g/mol. The second-order valence-electron chi connectivity index (χ2n) is 9.72. The van der Waals surface area contributed by atoms with Crippen molar-refractivity contribution in [1.29, 1.82) is 0 Å². The molecule has 204 valence electrons. The van der Waals surface area contributed by atoms with Crippen molar-refractivity contribution in [3.8, 4) is 0 Å². The van der Waals surface area contributed by atoms with Gasteiger partial charge in [0, 0.05) is 19.6 Å². The van der Waals surface area contributed by atoms with Crippen LogP contribution in [0.1, 0.15) is 43.4 Å². The summed E-state index contributed by atoms with van der Waals surface area (Å²) in [6.45, 7) is 1.61. The third-order valence-electron chi connectivity index (χ3n) is 6.56. The van der Waals surface area contributed by atoms with E-state index in [1.165, 1.54) is 7.11 Å². The van der Waals surface area contributed by atoms with Gasteiger partial charge in [0.25, 0.3) is 0 Å². The number of aliphatic hydroxyl groups excluding tert-OH is 1. The molecule has 1 heterocycles. The smallest absolute Gasteiger partial charge is 0.310 e. The predicted molar refractivity (Wildman–Crippen MR) is 144 cm³/mol. The van der Waals surface area contributed by atoms with Gasteiger partial charge in [-0.1, -0.05) is 72.8 Å². The van der Waals surface area contributed by atoms with E-state index in [9.17, 15) is 19.5 Å². The molecule has 5 atom stereocenters. The minimum absolute atomic E-state index is 0.0382. The number of hydrogen-bond donors (Lipinski definition) is 3. The van der Waals surface area contributed by atoms with E-state index in [-0.39, 0.29) is 37.4 Å². The molecule has 38 heavy (non-hydrogen) atoms. The molecule has 3 rings (SSSR count). The molecule has 1 aliphatic rings. The Morgan fingerprint density at radius 1 is 1.05 bits per heavy atom. The maximum absolute atomic E-state index is 13.5. The van der Waals surface area contributed by atoms with Crippen molar-refractivity contribution in [2.75, 3.05) is 20.3 Å². The van der Waals surface area contributed by atoms with E-state index in [4.69, 9.17) is 9.47 Å². The van der Waals surface area contributed by atoms with Gasteiger partial charge in [0.2, 0.25) is 11.8 Å². The highest BCUT2D eigenvalue weighted by Gasteiger charge is 2.33.